The summed E-state index contributed by atoms with van der Waals surface area (Å²) in [4.78, 5) is 0. The molecule has 2 rings (SSSR count). The van der Waals surface area contributed by atoms with Gasteiger partial charge in [-0.2, -0.15) is 0 Å². The normalized spacial score (nSPS) is 10.4. The highest BCUT2D eigenvalue weighted by atomic mass is 79.9. The number of rotatable bonds is 2. The number of nitrogens with zero attached hydrogens (tertiary/aromatic N) is 1. The van der Waals surface area contributed by atoms with Crippen molar-refractivity contribution < 1.29 is 9.63 Å². The number of benzene rings is 1. The standard InChI is InChI=1S/C10H8BrNO2/c11-8-3-1-2-7(4-8)10-5-9(6-13)12-14-10/h1-5,13H,6H2. The summed E-state index contributed by atoms with van der Waals surface area (Å²) in [5, 5.41) is 12.5. The maximum Gasteiger partial charge on any atom is 0.167 e. The van der Waals surface area contributed by atoms with E-state index in [0.717, 1.165) is 10.0 Å². The number of aromatic nitrogens is 1. The van der Waals surface area contributed by atoms with Gasteiger partial charge in [-0.1, -0.05) is 33.2 Å². The Morgan fingerprint density at radius 3 is 2.86 bits per heavy atom. The van der Waals surface area contributed by atoms with Crippen molar-refractivity contribution in [1.29, 1.82) is 0 Å². The molecule has 0 aliphatic heterocycles. The third-order valence-corrected chi connectivity index (χ3v) is 2.32. The van der Waals surface area contributed by atoms with Gasteiger partial charge >= 0.3 is 0 Å². The van der Waals surface area contributed by atoms with Crippen molar-refractivity contribution in [2.24, 2.45) is 0 Å². The first kappa shape index (κ1) is 9.43. The number of aliphatic hydroxyl groups is 1. The number of halogens is 1. The van der Waals surface area contributed by atoms with Gasteiger partial charge in [0.05, 0.1) is 6.61 Å². The average molecular weight is 254 g/mol. The van der Waals surface area contributed by atoms with Gasteiger partial charge in [0.25, 0.3) is 0 Å². The van der Waals surface area contributed by atoms with E-state index < -0.39 is 0 Å². The van der Waals surface area contributed by atoms with E-state index in [0.29, 0.717) is 11.5 Å². The summed E-state index contributed by atoms with van der Waals surface area (Å²) in [6.07, 6.45) is 0. The lowest BCUT2D eigenvalue weighted by molar-refractivity contribution is 0.267. The van der Waals surface area contributed by atoms with Crippen LogP contribution in [0.15, 0.2) is 39.3 Å². The molecule has 0 aliphatic carbocycles. The van der Waals surface area contributed by atoms with Crippen LogP contribution >= 0.6 is 15.9 Å². The molecule has 1 N–H and O–H groups in total. The summed E-state index contributed by atoms with van der Waals surface area (Å²) in [6, 6.07) is 9.43. The maximum atomic E-state index is 8.82. The summed E-state index contributed by atoms with van der Waals surface area (Å²) in [5.41, 5.74) is 1.48. The molecule has 0 aliphatic rings. The Morgan fingerprint density at radius 1 is 1.36 bits per heavy atom. The predicted octanol–water partition coefficient (Wildman–Crippen LogP) is 2.60. The number of hydrogen-bond acceptors (Lipinski definition) is 3. The van der Waals surface area contributed by atoms with Crippen LogP contribution in [0.4, 0.5) is 0 Å². The largest absolute Gasteiger partial charge is 0.390 e. The Labute approximate surface area is 89.5 Å². The van der Waals surface area contributed by atoms with Gasteiger partial charge in [0.15, 0.2) is 5.76 Å². The summed E-state index contributed by atoms with van der Waals surface area (Å²) in [5.74, 6) is 0.662. The minimum Gasteiger partial charge on any atom is -0.390 e. The lowest BCUT2D eigenvalue weighted by Crippen LogP contribution is -1.78. The van der Waals surface area contributed by atoms with Crippen LogP contribution in [0.1, 0.15) is 5.69 Å². The molecule has 0 radical (unpaired) electrons. The highest BCUT2D eigenvalue weighted by Gasteiger charge is 2.05. The van der Waals surface area contributed by atoms with Gasteiger partial charge in [0, 0.05) is 16.1 Å². The van der Waals surface area contributed by atoms with E-state index in [-0.39, 0.29) is 6.61 Å². The zero-order valence-electron chi connectivity index (χ0n) is 7.27. The number of aliphatic hydroxyl groups excluding tert-OH is 1. The van der Waals surface area contributed by atoms with Gasteiger partial charge in [-0.15, -0.1) is 0 Å². The minimum absolute atomic E-state index is 0.0997. The third kappa shape index (κ3) is 1.86. The Bertz CT molecular complexity index is 439. The minimum atomic E-state index is -0.0997. The van der Waals surface area contributed by atoms with Crippen LogP contribution < -0.4 is 0 Å². The second kappa shape index (κ2) is 3.94. The fraction of sp³-hybridized carbons (Fsp3) is 0.100. The summed E-state index contributed by atoms with van der Waals surface area (Å²) < 4.78 is 6.05. The molecule has 0 unspecified atom stereocenters. The van der Waals surface area contributed by atoms with Gasteiger partial charge < -0.3 is 9.63 Å². The molecule has 3 nitrogen and oxygen atoms in total. The van der Waals surface area contributed by atoms with E-state index in [1.807, 2.05) is 24.3 Å². The number of hydrogen-bond donors (Lipinski definition) is 1. The molecule has 1 aromatic carbocycles. The Hall–Kier alpha value is -1.13. The molecule has 0 atom stereocenters. The molecule has 0 saturated heterocycles. The molecule has 1 aromatic heterocycles. The van der Waals surface area contributed by atoms with Crippen LogP contribution in [0.2, 0.25) is 0 Å². The second-order valence-electron chi connectivity index (χ2n) is 2.85. The third-order valence-electron chi connectivity index (χ3n) is 1.83. The first-order valence-electron chi connectivity index (χ1n) is 4.12. The smallest absolute Gasteiger partial charge is 0.167 e. The van der Waals surface area contributed by atoms with Crippen LogP contribution in [-0.4, -0.2) is 10.3 Å². The van der Waals surface area contributed by atoms with Crippen molar-refractivity contribution >= 4 is 15.9 Å². The van der Waals surface area contributed by atoms with Crippen molar-refractivity contribution in [2.45, 2.75) is 6.61 Å². The molecule has 0 amide bonds. The lowest BCUT2D eigenvalue weighted by Gasteiger charge is -1.94. The van der Waals surface area contributed by atoms with Crippen molar-refractivity contribution in [2.75, 3.05) is 0 Å². The fourth-order valence-corrected chi connectivity index (χ4v) is 1.56. The topological polar surface area (TPSA) is 46.3 Å². The van der Waals surface area contributed by atoms with Crippen molar-refractivity contribution in [1.82, 2.24) is 5.16 Å². The quantitative estimate of drug-likeness (QED) is 0.895. The molecular formula is C10H8BrNO2. The molecule has 72 valence electrons. The second-order valence-corrected chi connectivity index (χ2v) is 3.77. The van der Waals surface area contributed by atoms with E-state index in [4.69, 9.17) is 9.63 Å². The van der Waals surface area contributed by atoms with E-state index in [1.54, 1.807) is 6.07 Å². The fourth-order valence-electron chi connectivity index (χ4n) is 1.16. The predicted molar refractivity (Wildman–Crippen MR) is 55.6 cm³/mol. The highest BCUT2D eigenvalue weighted by Crippen LogP contribution is 2.23. The molecule has 0 bridgehead atoms. The van der Waals surface area contributed by atoms with E-state index in [1.165, 1.54) is 0 Å². The van der Waals surface area contributed by atoms with E-state index >= 15 is 0 Å². The van der Waals surface area contributed by atoms with Crippen molar-refractivity contribution in [3.63, 3.8) is 0 Å². The van der Waals surface area contributed by atoms with Crippen molar-refractivity contribution in [3.05, 3.63) is 40.5 Å². The molecule has 0 saturated carbocycles. The van der Waals surface area contributed by atoms with Gasteiger partial charge in [-0.05, 0) is 12.1 Å². The summed E-state index contributed by atoms with van der Waals surface area (Å²) in [6.45, 7) is -0.0997. The van der Waals surface area contributed by atoms with Gasteiger partial charge in [0.1, 0.15) is 5.69 Å². The molecule has 1 heterocycles. The molecule has 4 heteroatoms. The summed E-state index contributed by atoms with van der Waals surface area (Å²) >= 11 is 3.37. The summed E-state index contributed by atoms with van der Waals surface area (Å²) in [7, 11) is 0. The van der Waals surface area contributed by atoms with E-state index in [2.05, 4.69) is 21.1 Å². The zero-order chi connectivity index (χ0) is 9.97. The van der Waals surface area contributed by atoms with Crippen LogP contribution in [0, 0.1) is 0 Å². The molecule has 0 spiro atoms. The van der Waals surface area contributed by atoms with Gasteiger partial charge in [-0.25, -0.2) is 0 Å². The Kier molecular flexibility index (Phi) is 2.65. The highest BCUT2D eigenvalue weighted by molar-refractivity contribution is 9.10. The molecule has 14 heavy (non-hydrogen) atoms. The molecule has 2 aromatic rings. The first-order valence-corrected chi connectivity index (χ1v) is 4.91. The SMILES string of the molecule is OCc1cc(-c2cccc(Br)c2)on1. The molecular weight excluding hydrogens is 246 g/mol. The maximum absolute atomic E-state index is 8.82. The van der Waals surface area contributed by atoms with Crippen LogP contribution in [0.3, 0.4) is 0 Å². The van der Waals surface area contributed by atoms with Crippen LogP contribution in [0.5, 0.6) is 0 Å². The first-order chi connectivity index (χ1) is 6.79. The Morgan fingerprint density at radius 2 is 2.21 bits per heavy atom. The lowest BCUT2D eigenvalue weighted by atomic mass is 10.2. The van der Waals surface area contributed by atoms with E-state index in [9.17, 15) is 0 Å². The average Bonchev–Trinajstić information content (AvgIpc) is 2.66. The Balaban J connectivity index is 2.39. The van der Waals surface area contributed by atoms with Crippen LogP contribution in [-0.2, 0) is 6.61 Å². The molecule has 0 fully saturated rings. The van der Waals surface area contributed by atoms with Gasteiger partial charge in [-0.3, -0.25) is 0 Å². The zero-order valence-corrected chi connectivity index (χ0v) is 8.86. The van der Waals surface area contributed by atoms with Gasteiger partial charge in [0.2, 0.25) is 0 Å². The van der Waals surface area contributed by atoms with Crippen LogP contribution in [0.25, 0.3) is 11.3 Å². The van der Waals surface area contributed by atoms with Crippen molar-refractivity contribution in [3.8, 4) is 11.3 Å². The monoisotopic (exact) mass is 253 g/mol.